The van der Waals surface area contributed by atoms with Gasteiger partial charge in [-0.1, -0.05) is 26.2 Å². The summed E-state index contributed by atoms with van der Waals surface area (Å²) in [5.41, 5.74) is 0.792. The van der Waals surface area contributed by atoms with E-state index in [1.54, 1.807) is 6.07 Å². The quantitative estimate of drug-likeness (QED) is 0.595. The Balaban J connectivity index is 2.49. The summed E-state index contributed by atoms with van der Waals surface area (Å²) in [5, 5.41) is 10.6. The van der Waals surface area contributed by atoms with Crippen LogP contribution in [0.3, 0.4) is 0 Å². The van der Waals surface area contributed by atoms with Gasteiger partial charge in [-0.15, -0.1) is 0 Å². The van der Waals surface area contributed by atoms with Crippen molar-refractivity contribution in [3.63, 3.8) is 0 Å². The molecule has 134 valence electrons. The third-order valence-electron chi connectivity index (χ3n) is 3.08. The molecule has 0 aliphatic carbocycles. The standard InChI is InChI=1S/C16H24N2O6/c1-3-4-5-6-7-23-11-12-8-13(22-2)15(17-9-12)24-16(21)18-10-14(19)20/h8-9H,3-7,10-11H2,1-2H3,(H,18,21)(H,19,20). The van der Waals surface area contributed by atoms with Gasteiger partial charge in [-0.2, -0.15) is 0 Å². The van der Waals surface area contributed by atoms with E-state index >= 15 is 0 Å². The highest BCUT2D eigenvalue weighted by atomic mass is 16.6. The summed E-state index contributed by atoms with van der Waals surface area (Å²) < 4.78 is 15.6. The number of nitrogens with zero attached hydrogens (tertiary/aromatic N) is 1. The van der Waals surface area contributed by atoms with Gasteiger partial charge in [0.2, 0.25) is 0 Å². The number of nitrogens with one attached hydrogen (secondary N) is 1. The van der Waals surface area contributed by atoms with E-state index in [9.17, 15) is 9.59 Å². The van der Waals surface area contributed by atoms with E-state index in [4.69, 9.17) is 19.3 Å². The lowest BCUT2D eigenvalue weighted by atomic mass is 10.2. The van der Waals surface area contributed by atoms with Gasteiger partial charge in [0.15, 0.2) is 5.75 Å². The first-order valence-corrected chi connectivity index (χ1v) is 7.85. The molecule has 24 heavy (non-hydrogen) atoms. The van der Waals surface area contributed by atoms with Crippen LogP contribution in [-0.2, 0) is 16.1 Å². The molecule has 0 bridgehead atoms. The topological polar surface area (TPSA) is 107 Å². The van der Waals surface area contributed by atoms with E-state index in [1.165, 1.54) is 26.1 Å². The molecule has 0 saturated heterocycles. The molecule has 2 N–H and O–H groups in total. The Morgan fingerprint density at radius 3 is 2.75 bits per heavy atom. The summed E-state index contributed by atoms with van der Waals surface area (Å²) >= 11 is 0. The van der Waals surface area contributed by atoms with Gasteiger partial charge >= 0.3 is 12.1 Å². The minimum Gasteiger partial charge on any atom is -0.491 e. The molecule has 0 spiro atoms. The van der Waals surface area contributed by atoms with Gasteiger partial charge in [0.1, 0.15) is 6.54 Å². The largest absolute Gasteiger partial charge is 0.491 e. The van der Waals surface area contributed by atoms with E-state index in [2.05, 4.69) is 17.2 Å². The highest BCUT2D eigenvalue weighted by molar-refractivity contribution is 5.77. The van der Waals surface area contributed by atoms with Gasteiger partial charge < -0.3 is 24.6 Å². The molecule has 8 nitrogen and oxygen atoms in total. The number of amides is 1. The zero-order chi connectivity index (χ0) is 17.8. The highest BCUT2D eigenvalue weighted by Crippen LogP contribution is 2.25. The van der Waals surface area contributed by atoms with Crippen LogP contribution in [0, 0.1) is 0 Å². The SMILES string of the molecule is CCCCCCOCc1cnc(OC(=O)NCC(=O)O)c(OC)c1. The molecule has 0 unspecified atom stereocenters. The second-order valence-corrected chi connectivity index (χ2v) is 5.10. The maximum absolute atomic E-state index is 11.5. The van der Waals surface area contributed by atoms with Crippen molar-refractivity contribution in [2.24, 2.45) is 0 Å². The maximum atomic E-state index is 11.5. The number of carboxylic acid groups (broad SMARTS) is 1. The molecular weight excluding hydrogens is 316 g/mol. The van der Waals surface area contributed by atoms with Crippen molar-refractivity contribution in [2.45, 2.75) is 39.2 Å². The van der Waals surface area contributed by atoms with Crippen LogP contribution in [0.2, 0.25) is 0 Å². The fraction of sp³-hybridized carbons (Fsp3) is 0.562. The Bertz CT molecular complexity index is 535. The number of rotatable bonds is 11. The zero-order valence-electron chi connectivity index (χ0n) is 14.0. The monoisotopic (exact) mass is 340 g/mol. The molecule has 1 amide bonds. The Kier molecular flexibility index (Phi) is 9.21. The number of ether oxygens (including phenoxy) is 3. The van der Waals surface area contributed by atoms with Gasteiger partial charge in [-0.05, 0) is 18.1 Å². The van der Waals surface area contributed by atoms with Gasteiger partial charge in [0.25, 0.3) is 5.88 Å². The van der Waals surface area contributed by atoms with Crippen LogP contribution in [0.1, 0.15) is 38.2 Å². The van der Waals surface area contributed by atoms with E-state index in [0.29, 0.717) is 13.2 Å². The van der Waals surface area contributed by atoms with Crippen molar-refractivity contribution in [1.29, 1.82) is 0 Å². The first-order chi connectivity index (χ1) is 11.6. The zero-order valence-corrected chi connectivity index (χ0v) is 14.0. The lowest BCUT2D eigenvalue weighted by Gasteiger charge is -2.10. The molecule has 0 fully saturated rings. The smallest absolute Gasteiger partial charge is 0.414 e. The Morgan fingerprint density at radius 1 is 1.29 bits per heavy atom. The second kappa shape index (κ2) is 11.2. The Hall–Kier alpha value is -2.35. The molecule has 0 aliphatic rings. The second-order valence-electron chi connectivity index (χ2n) is 5.10. The molecule has 0 radical (unpaired) electrons. The summed E-state index contributed by atoms with van der Waals surface area (Å²) in [6.07, 6.45) is 5.16. The van der Waals surface area contributed by atoms with Gasteiger partial charge in [0.05, 0.1) is 13.7 Å². The number of methoxy groups -OCH3 is 1. The van der Waals surface area contributed by atoms with Crippen molar-refractivity contribution in [1.82, 2.24) is 10.3 Å². The fourth-order valence-electron chi connectivity index (χ4n) is 1.87. The number of unbranched alkanes of at least 4 members (excludes halogenated alkanes) is 3. The van der Waals surface area contributed by atoms with Crippen LogP contribution in [0.5, 0.6) is 11.6 Å². The summed E-state index contributed by atoms with van der Waals surface area (Å²) in [6.45, 7) is 2.69. The molecule has 1 rings (SSSR count). The molecule has 1 aromatic heterocycles. The van der Waals surface area contributed by atoms with Crippen molar-refractivity contribution in [3.8, 4) is 11.6 Å². The molecule has 1 aromatic rings. The third kappa shape index (κ3) is 7.77. The Morgan fingerprint density at radius 2 is 2.08 bits per heavy atom. The number of hydrogen-bond donors (Lipinski definition) is 2. The molecule has 0 atom stereocenters. The van der Waals surface area contributed by atoms with Crippen molar-refractivity contribution >= 4 is 12.1 Å². The number of carboxylic acids is 1. The number of carbonyl (C=O) groups excluding carboxylic acids is 1. The average molecular weight is 340 g/mol. The van der Waals surface area contributed by atoms with E-state index in [0.717, 1.165) is 18.4 Å². The van der Waals surface area contributed by atoms with Crippen molar-refractivity contribution < 1.29 is 28.9 Å². The summed E-state index contributed by atoms with van der Waals surface area (Å²) in [7, 11) is 1.43. The van der Waals surface area contributed by atoms with Crippen molar-refractivity contribution in [3.05, 3.63) is 17.8 Å². The lowest BCUT2D eigenvalue weighted by molar-refractivity contribution is -0.135. The third-order valence-corrected chi connectivity index (χ3v) is 3.08. The predicted octanol–water partition coefficient (Wildman–Crippen LogP) is 2.36. The number of aromatic nitrogens is 1. The molecule has 1 heterocycles. The summed E-state index contributed by atoms with van der Waals surface area (Å²) in [4.78, 5) is 25.8. The Labute approximate surface area is 141 Å². The summed E-state index contributed by atoms with van der Waals surface area (Å²) in [6, 6.07) is 1.67. The predicted molar refractivity (Wildman–Crippen MR) is 86.2 cm³/mol. The van der Waals surface area contributed by atoms with Gasteiger partial charge in [0, 0.05) is 12.8 Å². The number of aliphatic carboxylic acids is 1. The maximum Gasteiger partial charge on any atom is 0.414 e. The van der Waals surface area contributed by atoms with E-state index < -0.39 is 18.6 Å². The lowest BCUT2D eigenvalue weighted by Crippen LogP contribution is -2.32. The van der Waals surface area contributed by atoms with Crippen LogP contribution in [0.15, 0.2) is 12.3 Å². The number of pyridine rings is 1. The van der Waals surface area contributed by atoms with Crippen LogP contribution in [-0.4, -0.2) is 42.4 Å². The van der Waals surface area contributed by atoms with Crippen LogP contribution in [0.4, 0.5) is 4.79 Å². The first kappa shape index (κ1) is 19.7. The first-order valence-electron chi connectivity index (χ1n) is 7.85. The van der Waals surface area contributed by atoms with Crippen molar-refractivity contribution in [2.75, 3.05) is 20.3 Å². The minimum absolute atomic E-state index is 0.0351. The molecule has 0 aliphatic heterocycles. The average Bonchev–Trinajstić information content (AvgIpc) is 2.57. The minimum atomic E-state index is -1.17. The molecular formula is C16H24N2O6. The van der Waals surface area contributed by atoms with Gasteiger partial charge in [-0.3, -0.25) is 4.79 Å². The molecule has 0 saturated carbocycles. The van der Waals surface area contributed by atoms with Gasteiger partial charge in [-0.25, -0.2) is 9.78 Å². The molecule has 0 aromatic carbocycles. The molecule has 8 heteroatoms. The summed E-state index contributed by atoms with van der Waals surface area (Å²) in [5.74, 6) is -0.932. The van der Waals surface area contributed by atoms with Crippen LogP contribution >= 0.6 is 0 Å². The van der Waals surface area contributed by atoms with Crippen LogP contribution in [0.25, 0.3) is 0 Å². The van der Waals surface area contributed by atoms with E-state index in [1.807, 2.05) is 0 Å². The number of hydrogen-bond acceptors (Lipinski definition) is 6. The van der Waals surface area contributed by atoms with Crippen LogP contribution < -0.4 is 14.8 Å². The van der Waals surface area contributed by atoms with E-state index in [-0.39, 0.29) is 11.6 Å². The highest BCUT2D eigenvalue weighted by Gasteiger charge is 2.13. The number of carbonyl (C=O) groups is 2. The normalized spacial score (nSPS) is 10.2. The fourth-order valence-corrected chi connectivity index (χ4v) is 1.87.